The molecule has 0 bridgehead atoms. The van der Waals surface area contributed by atoms with Crippen LogP contribution in [-0.2, 0) is 10.0 Å². The van der Waals surface area contributed by atoms with Gasteiger partial charge in [-0.25, -0.2) is 8.42 Å². The lowest BCUT2D eigenvalue weighted by Crippen LogP contribution is -2.34. The van der Waals surface area contributed by atoms with Crippen LogP contribution >= 0.6 is 11.3 Å². The van der Waals surface area contributed by atoms with E-state index in [1.54, 1.807) is 41.8 Å². The van der Waals surface area contributed by atoms with Crippen LogP contribution in [0.1, 0.15) is 16.8 Å². The van der Waals surface area contributed by atoms with Crippen molar-refractivity contribution in [3.05, 3.63) is 47.3 Å². The van der Waals surface area contributed by atoms with Crippen LogP contribution in [0.2, 0.25) is 0 Å². The summed E-state index contributed by atoms with van der Waals surface area (Å²) in [7, 11) is -1.51. The Balaban J connectivity index is 1.69. The summed E-state index contributed by atoms with van der Waals surface area (Å²) in [5.41, 5.74) is 1.02. The fourth-order valence-electron chi connectivity index (χ4n) is 2.73. The van der Waals surface area contributed by atoms with E-state index < -0.39 is 10.0 Å². The Morgan fingerprint density at radius 1 is 1.08 bits per heavy atom. The van der Waals surface area contributed by atoms with Gasteiger partial charge in [-0.05, 0) is 55.7 Å². The number of rotatable bonds is 4. The van der Waals surface area contributed by atoms with Crippen LogP contribution in [0, 0.1) is 0 Å². The van der Waals surface area contributed by atoms with Gasteiger partial charge in [0.1, 0.15) is 4.21 Å². The van der Waals surface area contributed by atoms with E-state index in [2.05, 4.69) is 16.7 Å². The second-order valence-corrected chi connectivity index (χ2v) is 8.92. The molecule has 0 saturated carbocycles. The highest BCUT2D eigenvalue weighted by Crippen LogP contribution is 2.21. The van der Waals surface area contributed by atoms with E-state index in [1.807, 2.05) is 4.90 Å². The number of anilines is 1. The lowest BCUT2D eigenvalue weighted by Gasteiger charge is -2.20. The summed E-state index contributed by atoms with van der Waals surface area (Å²) in [6.07, 6.45) is 0.959. The Morgan fingerprint density at radius 2 is 1.84 bits per heavy atom. The molecule has 0 radical (unpaired) electrons. The van der Waals surface area contributed by atoms with Gasteiger partial charge in [0.2, 0.25) is 0 Å². The van der Waals surface area contributed by atoms with Gasteiger partial charge in [0.15, 0.2) is 0 Å². The van der Waals surface area contributed by atoms with Crippen LogP contribution in [0.15, 0.2) is 46.0 Å². The molecular formula is C17H21N3O3S2. The summed E-state index contributed by atoms with van der Waals surface area (Å²) in [4.78, 5) is 16.7. The van der Waals surface area contributed by atoms with Crippen molar-refractivity contribution in [2.75, 3.05) is 37.9 Å². The lowest BCUT2D eigenvalue weighted by atomic mass is 10.2. The van der Waals surface area contributed by atoms with Gasteiger partial charge >= 0.3 is 0 Å². The minimum Gasteiger partial charge on any atom is -0.337 e. The molecule has 25 heavy (non-hydrogen) atoms. The topological polar surface area (TPSA) is 69.7 Å². The largest absolute Gasteiger partial charge is 0.337 e. The zero-order valence-electron chi connectivity index (χ0n) is 14.0. The molecule has 1 saturated heterocycles. The molecule has 1 N–H and O–H groups in total. The van der Waals surface area contributed by atoms with Crippen molar-refractivity contribution < 1.29 is 13.2 Å². The molecule has 2 aromatic rings. The van der Waals surface area contributed by atoms with Crippen molar-refractivity contribution in [2.45, 2.75) is 10.6 Å². The quantitative estimate of drug-likeness (QED) is 0.885. The molecule has 1 aliphatic heterocycles. The predicted octanol–water partition coefficient (Wildman–Crippen LogP) is 2.33. The van der Waals surface area contributed by atoms with E-state index >= 15 is 0 Å². The van der Waals surface area contributed by atoms with Crippen LogP contribution in [0.3, 0.4) is 0 Å². The average Bonchev–Trinajstić information content (AvgIpc) is 3.05. The lowest BCUT2D eigenvalue weighted by molar-refractivity contribution is 0.0763. The molecular weight excluding hydrogens is 358 g/mol. The van der Waals surface area contributed by atoms with Gasteiger partial charge in [-0.1, -0.05) is 6.07 Å². The molecule has 0 aliphatic carbocycles. The number of likely N-dealkylation sites (N-methyl/N-ethyl adjacent to an activating group) is 1. The van der Waals surface area contributed by atoms with Crippen LogP contribution in [0.4, 0.5) is 5.69 Å². The smallest absolute Gasteiger partial charge is 0.271 e. The molecule has 1 aromatic carbocycles. The second-order valence-electron chi connectivity index (χ2n) is 6.06. The van der Waals surface area contributed by atoms with Gasteiger partial charge in [0.25, 0.3) is 15.9 Å². The van der Waals surface area contributed by atoms with E-state index in [-0.39, 0.29) is 10.1 Å². The maximum absolute atomic E-state index is 12.6. The first kappa shape index (κ1) is 17.9. The van der Waals surface area contributed by atoms with Gasteiger partial charge < -0.3 is 9.80 Å². The number of nitrogens with zero attached hydrogens (tertiary/aromatic N) is 2. The number of hydrogen-bond donors (Lipinski definition) is 1. The number of amides is 1. The van der Waals surface area contributed by atoms with Gasteiger partial charge in [-0.15, -0.1) is 11.3 Å². The molecule has 1 aliphatic rings. The molecule has 8 heteroatoms. The highest BCUT2D eigenvalue weighted by Gasteiger charge is 2.19. The first-order valence-electron chi connectivity index (χ1n) is 8.10. The summed E-state index contributed by atoms with van der Waals surface area (Å²) in [6.45, 7) is 3.32. The zero-order chi connectivity index (χ0) is 17.9. The van der Waals surface area contributed by atoms with Crippen molar-refractivity contribution in [3.63, 3.8) is 0 Å². The zero-order valence-corrected chi connectivity index (χ0v) is 15.6. The third-order valence-corrected chi connectivity index (χ3v) is 6.93. The maximum atomic E-state index is 12.6. The number of thiophene rings is 1. The van der Waals surface area contributed by atoms with E-state index in [1.165, 1.54) is 0 Å². The monoisotopic (exact) mass is 379 g/mol. The van der Waals surface area contributed by atoms with Gasteiger partial charge in [-0.2, -0.15) is 0 Å². The van der Waals surface area contributed by atoms with Crippen molar-refractivity contribution in [2.24, 2.45) is 0 Å². The van der Waals surface area contributed by atoms with Crippen LogP contribution in [0.5, 0.6) is 0 Å². The summed E-state index contributed by atoms with van der Waals surface area (Å²) >= 11 is 1.16. The first-order chi connectivity index (χ1) is 12.0. The SMILES string of the molecule is CN1CCCN(C(=O)c2ccc(NS(=O)(=O)c3cccs3)cc2)CC1. The van der Waals surface area contributed by atoms with E-state index in [0.717, 1.165) is 37.4 Å². The van der Waals surface area contributed by atoms with Gasteiger partial charge in [0, 0.05) is 30.9 Å². The Labute approximate surface area is 152 Å². The van der Waals surface area contributed by atoms with Gasteiger partial charge in [0.05, 0.1) is 0 Å². The summed E-state index contributed by atoms with van der Waals surface area (Å²) in [5, 5.41) is 1.72. The standard InChI is InChI=1S/C17H21N3O3S2/c1-19-9-3-10-20(12-11-19)17(21)14-5-7-15(8-6-14)18-25(22,23)16-4-2-13-24-16/h2,4-8,13,18H,3,9-12H2,1H3. The number of nitrogens with one attached hydrogen (secondary N) is 1. The Hall–Kier alpha value is -1.90. The fraction of sp³-hybridized carbons (Fsp3) is 0.353. The van der Waals surface area contributed by atoms with Crippen LogP contribution < -0.4 is 4.72 Å². The molecule has 1 amide bonds. The molecule has 0 atom stereocenters. The van der Waals surface area contributed by atoms with Gasteiger partial charge in [-0.3, -0.25) is 9.52 Å². The molecule has 3 rings (SSSR count). The Bertz CT molecular complexity index is 817. The number of carbonyl (C=O) groups excluding carboxylic acids is 1. The normalized spacial score (nSPS) is 16.4. The fourth-order valence-corrected chi connectivity index (χ4v) is 4.79. The number of sulfonamides is 1. The molecule has 0 spiro atoms. The predicted molar refractivity (Wildman–Crippen MR) is 99.6 cm³/mol. The second kappa shape index (κ2) is 7.55. The molecule has 2 heterocycles. The Morgan fingerprint density at radius 3 is 2.52 bits per heavy atom. The molecule has 1 fully saturated rings. The first-order valence-corrected chi connectivity index (χ1v) is 10.5. The molecule has 134 valence electrons. The molecule has 6 nitrogen and oxygen atoms in total. The van der Waals surface area contributed by atoms with E-state index in [4.69, 9.17) is 0 Å². The third kappa shape index (κ3) is 4.39. The van der Waals surface area contributed by atoms with Crippen molar-refractivity contribution in [3.8, 4) is 0 Å². The Kier molecular flexibility index (Phi) is 5.41. The molecule has 1 aromatic heterocycles. The van der Waals surface area contributed by atoms with E-state index in [0.29, 0.717) is 17.8 Å². The minimum atomic E-state index is -3.57. The maximum Gasteiger partial charge on any atom is 0.271 e. The minimum absolute atomic E-state index is 0.0111. The summed E-state index contributed by atoms with van der Waals surface area (Å²) < 4.78 is 27.2. The number of hydrogen-bond acceptors (Lipinski definition) is 5. The van der Waals surface area contributed by atoms with Crippen LogP contribution in [0.25, 0.3) is 0 Å². The number of carbonyl (C=O) groups is 1. The van der Waals surface area contributed by atoms with E-state index in [9.17, 15) is 13.2 Å². The average molecular weight is 380 g/mol. The summed E-state index contributed by atoms with van der Waals surface area (Å²) in [6, 6.07) is 9.85. The van der Waals surface area contributed by atoms with Crippen molar-refractivity contribution in [1.29, 1.82) is 0 Å². The summed E-state index contributed by atoms with van der Waals surface area (Å²) in [5.74, 6) is -0.0111. The number of benzene rings is 1. The van der Waals surface area contributed by atoms with Crippen molar-refractivity contribution >= 4 is 33.0 Å². The highest BCUT2D eigenvalue weighted by molar-refractivity contribution is 7.94. The third-order valence-electron chi connectivity index (χ3n) is 4.15. The van der Waals surface area contributed by atoms with Crippen molar-refractivity contribution in [1.82, 2.24) is 9.80 Å². The molecule has 0 unspecified atom stereocenters. The van der Waals surface area contributed by atoms with Crippen LogP contribution in [-0.4, -0.2) is 57.4 Å². The highest BCUT2D eigenvalue weighted by atomic mass is 32.2.